The van der Waals surface area contributed by atoms with Crippen LogP contribution in [0.3, 0.4) is 0 Å². The molecule has 0 fully saturated rings. The summed E-state index contributed by atoms with van der Waals surface area (Å²) < 4.78 is 28.4. The van der Waals surface area contributed by atoms with Crippen LogP contribution in [0.15, 0.2) is 41.6 Å². The minimum Gasteiger partial charge on any atom is -0.385 e. The molecule has 20 heavy (non-hydrogen) atoms. The third-order valence-electron chi connectivity index (χ3n) is 2.70. The van der Waals surface area contributed by atoms with Gasteiger partial charge < -0.3 is 5.32 Å². The Bertz CT molecular complexity index is 662. The number of nitrogens with one attached hydrogen (secondary N) is 2. The quantitative estimate of drug-likeness (QED) is 0.855. The number of anilines is 2. The van der Waals surface area contributed by atoms with E-state index in [1.54, 1.807) is 37.5 Å². The molecular weight excluding hydrogens is 276 g/mol. The Kier molecular flexibility index (Phi) is 4.29. The van der Waals surface area contributed by atoms with Gasteiger partial charge in [0.1, 0.15) is 0 Å². The van der Waals surface area contributed by atoms with Crippen LogP contribution in [-0.4, -0.2) is 24.7 Å². The fourth-order valence-electron chi connectivity index (χ4n) is 1.71. The van der Waals surface area contributed by atoms with Gasteiger partial charge in [0.05, 0.1) is 16.8 Å². The molecule has 0 unspecified atom stereocenters. The van der Waals surface area contributed by atoms with E-state index in [0.717, 1.165) is 18.7 Å². The monoisotopic (exact) mass is 294 g/mol. The van der Waals surface area contributed by atoms with Gasteiger partial charge in [-0.2, -0.15) is 5.10 Å². The lowest BCUT2D eigenvalue weighted by molar-refractivity contribution is 0.601. The molecule has 0 amide bonds. The van der Waals surface area contributed by atoms with Gasteiger partial charge in [0, 0.05) is 25.5 Å². The molecule has 0 aliphatic carbocycles. The topological polar surface area (TPSA) is 76.0 Å². The maximum atomic E-state index is 12.2. The van der Waals surface area contributed by atoms with E-state index in [2.05, 4.69) is 22.1 Å². The van der Waals surface area contributed by atoms with E-state index in [1.165, 1.54) is 10.9 Å². The Morgan fingerprint density at radius 1 is 1.20 bits per heavy atom. The first-order valence-corrected chi connectivity index (χ1v) is 7.85. The van der Waals surface area contributed by atoms with Crippen molar-refractivity contribution in [3.63, 3.8) is 0 Å². The predicted molar refractivity (Wildman–Crippen MR) is 79.2 cm³/mol. The standard InChI is InChI=1S/C13H18N4O2S/c1-3-8-14-11-4-6-13(7-5-11)20(18,19)16-12-9-15-17(2)10-12/h4-7,9-10,14,16H,3,8H2,1-2H3. The lowest BCUT2D eigenvalue weighted by Gasteiger charge is -2.08. The fraction of sp³-hybridized carbons (Fsp3) is 0.308. The lowest BCUT2D eigenvalue weighted by Crippen LogP contribution is -2.12. The molecule has 0 atom stereocenters. The number of rotatable bonds is 6. The summed E-state index contributed by atoms with van der Waals surface area (Å²) in [4.78, 5) is 0.225. The molecule has 2 N–H and O–H groups in total. The van der Waals surface area contributed by atoms with Gasteiger partial charge in [-0.05, 0) is 30.7 Å². The normalized spacial score (nSPS) is 11.3. The molecule has 2 aromatic rings. The van der Waals surface area contributed by atoms with Crippen molar-refractivity contribution in [1.82, 2.24) is 9.78 Å². The van der Waals surface area contributed by atoms with Crippen molar-refractivity contribution in [3.05, 3.63) is 36.7 Å². The van der Waals surface area contributed by atoms with Gasteiger partial charge in [-0.1, -0.05) is 6.92 Å². The van der Waals surface area contributed by atoms with E-state index in [9.17, 15) is 8.42 Å². The summed E-state index contributed by atoms with van der Waals surface area (Å²) in [5.41, 5.74) is 1.35. The summed E-state index contributed by atoms with van der Waals surface area (Å²) >= 11 is 0. The highest BCUT2D eigenvalue weighted by atomic mass is 32.2. The molecule has 6 nitrogen and oxygen atoms in total. The highest BCUT2D eigenvalue weighted by molar-refractivity contribution is 7.92. The molecule has 0 saturated heterocycles. The maximum absolute atomic E-state index is 12.2. The van der Waals surface area contributed by atoms with Crippen LogP contribution in [0.25, 0.3) is 0 Å². The Labute approximate surface area is 118 Å². The van der Waals surface area contributed by atoms with Crippen LogP contribution in [0, 0.1) is 0 Å². The average Bonchev–Trinajstić information content (AvgIpc) is 2.81. The Hall–Kier alpha value is -2.02. The molecule has 0 saturated carbocycles. The fourth-order valence-corrected chi connectivity index (χ4v) is 2.74. The number of aromatic nitrogens is 2. The zero-order valence-corrected chi connectivity index (χ0v) is 12.3. The van der Waals surface area contributed by atoms with E-state index in [0.29, 0.717) is 5.69 Å². The number of sulfonamides is 1. The van der Waals surface area contributed by atoms with E-state index >= 15 is 0 Å². The summed E-state index contributed by atoms with van der Waals surface area (Å²) in [5, 5.41) is 7.12. The Morgan fingerprint density at radius 3 is 2.45 bits per heavy atom. The second kappa shape index (κ2) is 5.96. The highest BCUT2D eigenvalue weighted by Crippen LogP contribution is 2.17. The van der Waals surface area contributed by atoms with Gasteiger partial charge in [-0.25, -0.2) is 8.42 Å². The summed E-state index contributed by atoms with van der Waals surface area (Å²) in [7, 11) is -1.84. The molecule has 0 aliphatic heterocycles. The summed E-state index contributed by atoms with van der Waals surface area (Å²) in [5.74, 6) is 0. The minimum atomic E-state index is -3.57. The molecule has 1 aromatic carbocycles. The number of nitrogens with zero attached hydrogens (tertiary/aromatic N) is 2. The van der Waals surface area contributed by atoms with Gasteiger partial charge in [0.25, 0.3) is 10.0 Å². The van der Waals surface area contributed by atoms with Crippen molar-refractivity contribution in [2.75, 3.05) is 16.6 Å². The first-order chi connectivity index (χ1) is 9.51. The highest BCUT2D eigenvalue weighted by Gasteiger charge is 2.14. The van der Waals surface area contributed by atoms with Crippen molar-refractivity contribution < 1.29 is 8.42 Å². The number of benzene rings is 1. The third kappa shape index (κ3) is 3.51. The van der Waals surface area contributed by atoms with E-state index in [-0.39, 0.29) is 4.90 Å². The smallest absolute Gasteiger partial charge is 0.261 e. The van der Waals surface area contributed by atoms with Gasteiger partial charge >= 0.3 is 0 Å². The Balaban J connectivity index is 2.13. The zero-order valence-electron chi connectivity index (χ0n) is 11.5. The molecule has 0 aliphatic rings. The number of hydrogen-bond donors (Lipinski definition) is 2. The first kappa shape index (κ1) is 14.4. The second-order valence-electron chi connectivity index (χ2n) is 4.46. The molecule has 1 heterocycles. The molecule has 0 radical (unpaired) electrons. The van der Waals surface area contributed by atoms with Crippen LogP contribution < -0.4 is 10.0 Å². The van der Waals surface area contributed by atoms with Gasteiger partial charge in [-0.3, -0.25) is 9.40 Å². The first-order valence-electron chi connectivity index (χ1n) is 6.36. The average molecular weight is 294 g/mol. The van der Waals surface area contributed by atoms with Crippen LogP contribution in [0.1, 0.15) is 13.3 Å². The van der Waals surface area contributed by atoms with Gasteiger partial charge in [-0.15, -0.1) is 0 Å². The van der Waals surface area contributed by atoms with E-state index in [1.807, 2.05) is 0 Å². The molecule has 108 valence electrons. The molecule has 2 rings (SSSR count). The third-order valence-corrected chi connectivity index (χ3v) is 4.10. The van der Waals surface area contributed by atoms with Crippen LogP contribution >= 0.6 is 0 Å². The molecular formula is C13H18N4O2S. The van der Waals surface area contributed by atoms with Crippen molar-refractivity contribution >= 4 is 21.4 Å². The lowest BCUT2D eigenvalue weighted by atomic mass is 10.3. The van der Waals surface area contributed by atoms with Gasteiger partial charge in [0.2, 0.25) is 0 Å². The largest absolute Gasteiger partial charge is 0.385 e. The van der Waals surface area contributed by atoms with Crippen molar-refractivity contribution in [2.24, 2.45) is 7.05 Å². The summed E-state index contributed by atoms with van der Waals surface area (Å²) in [6, 6.07) is 6.67. The number of aryl methyl sites for hydroxylation is 1. The van der Waals surface area contributed by atoms with Crippen LogP contribution in [0.4, 0.5) is 11.4 Å². The predicted octanol–water partition coefficient (Wildman–Crippen LogP) is 2.04. The zero-order chi connectivity index (χ0) is 14.6. The van der Waals surface area contributed by atoms with Crippen molar-refractivity contribution in [3.8, 4) is 0 Å². The van der Waals surface area contributed by atoms with Gasteiger partial charge in [0.15, 0.2) is 0 Å². The summed E-state index contributed by atoms with van der Waals surface area (Å²) in [6.45, 7) is 2.93. The number of hydrogen-bond acceptors (Lipinski definition) is 4. The second-order valence-corrected chi connectivity index (χ2v) is 6.14. The summed E-state index contributed by atoms with van der Waals surface area (Å²) in [6.07, 6.45) is 4.09. The molecule has 0 bridgehead atoms. The maximum Gasteiger partial charge on any atom is 0.261 e. The molecule has 1 aromatic heterocycles. The van der Waals surface area contributed by atoms with Crippen LogP contribution in [0.2, 0.25) is 0 Å². The van der Waals surface area contributed by atoms with E-state index < -0.39 is 10.0 Å². The molecule has 0 spiro atoms. The van der Waals surface area contributed by atoms with Crippen LogP contribution in [-0.2, 0) is 17.1 Å². The Morgan fingerprint density at radius 2 is 1.90 bits per heavy atom. The molecule has 7 heteroatoms. The SMILES string of the molecule is CCCNc1ccc(S(=O)(=O)Nc2cnn(C)c2)cc1. The van der Waals surface area contributed by atoms with Crippen molar-refractivity contribution in [2.45, 2.75) is 18.2 Å². The van der Waals surface area contributed by atoms with Crippen LogP contribution in [0.5, 0.6) is 0 Å². The minimum absolute atomic E-state index is 0.225. The van der Waals surface area contributed by atoms with E-state index in [4.69, 9.17) is 0 Å². The van der Waals surface area contributed by atoms with Crippen molar-refractivity contribution in [1.29, 1.82) is 0 Å².